The molecule has 3 heteroatoms. The Morgan fingerprint density at radius 1 is 1.22 bits per heavy atom. The summed E-state index contributed by atoms with van der Waals surface area (Å²) in [7, 11) is 0. The Hall–Kier alpha value is -0.570. The van der Waals surface area contributed by atoms with Crippen LogP contribution in [-0.4, -0.2) is 22.8 Å². The molecular weight excluding hydrogens is 228 g/mol. The van der Waals surface area contributed by atoms with Gasteiger partial charge < -0.3 is 9.84 Å². The Morgan fingerprint density at radius 2 is 1.78 bits per heavy atom. The van der Waals surface area contributed by atoms with Crippen LogP contribution >= 0.6 is 0 Å². The molecular formula is C15H24O3. The van der Waals surface area contributed by atoms with Crippen LogP contribution in [0.2, 0.25) is 0 Å². The van der Waals surface area contributed by atoms with E-state index in [2.05, 4.69) is 0 Å². The molecule has 0 heterocycles. The summed E-state index contributed by atoms with van der Waals surface area (Å²) in [6, 6.07) is 0. The third-order valence-electron chi connectivity index (χ3n) is 5.67. The van der Waals surface area contributed by atoms with E-state index in [1.165, 1.54) is 6.42 Å². The molecule has 0 aliphatic heterocycles. The maximum absolute atomic E-state index is 12.5. The molecule has 102 valence electrons. The fraction of sp³-hybridized carbons (Fsp3) is 0.933. The summed E-state index contributed by atoms with van der Waals surface area (Å²) in [6.45, 7) is 5.64. The first-order valence-electron chi connectivity index (χ1n) is 7.28. The largest absolute Gasteiger partial charge is 0.462 e. The van der Waals surface area contributed by atoms with Crippen molar-refractivity contribution in [3.63, 3.8) is 0 Å². The van der Waals surface area contributed by atoms with Crippen LogP contribution in [0.5, 0.6) is 0 Å². The van der Waals surface area contributed by atoms with E-state index in [4.69, 9.17) is 4.74 Å². The first-order chi connectivity index (χ1) is 8.35. The molecule has 4 fully saturated rings. The van der Waals surface area contributed by atoms with Gasteiger partial charge in [0, 0.05) is 0 Å². The topological polar surface area (TPSA) is 46.5 Å². The van der Waals surface area contributed by atoms with Gasteiger partial charge in [-0.15, -0.1) is 0 Å². The van der Waals surface area contributed by atoms with E-state index >= 15 is 0 Å². The summed E-state index contributed by atoms with van der Waals surface area (Å²) in [5.41, 5.74) is -1.49. The van der Waals surface area contributed by atoms with Gasteiger partial charge in [0.15, 0.2) is 0 Å². The van der Waals surface area contributed by atoms with E-state index in [1.807, 2.05) is 20.8 Å². The second-order valence-electron chi connectivity index (χ2n) is 7.23. The first kappa shape index (κ1) is 12.5. The summed E-state index contributed by atoms with van der Waals surface area (Å²) >= 11 is 0. The lowest BCUT2D eigenvalue weighted by Crippen LogP contribution is -2.66. The molecule has 4 saturated carbocycles. The van der Waals surface area contributed by atoms with Crippen LogP contribution in [0.1, 0.15) is 52.9 Å². The molecule has 4 aliphatic rings. The zero-order valence-electron chi connectivity index (χ0n) is 11.6. The molecule has 4 aliphatic carbocycles. The lowest BCUT2D eigenvalue weighted by atomic mass is 9.43. The molecule has 0 amide bonds. The maximum atomic E-state index is 12.5. The molecule has 0 aromatic rings. The quantitative estimate of drug-likeness (QED) is 0.768. The highest BCUT2D eigenvalue weighted by Gasteiger charge is 2.67. The van der Waals surface area contributed by atoms with Crippen LogP contribution in [0.25, 0.3) is 0 Å². The molecule has 4 rings (SSSR count). The summed E-state index contributed by atoms with van der Waals surface area (Å²) in [5, 5.41) is 10.9. The Bertz CT molecular complexity index is 358. The van der Waals surface area contributed by atoms with Crippen molar-refractivity contribution < 1.29 is 14.6 Å². The highest BCUT2D eigenvalue weighted by atomic mass is 16.5. The molecule has 4 bridgehead atoms. The lowest BCUT2D eigenvalue weighted by molar-refractivity contribution is -0.234. The number of carbonyl (C=O) groups is 1. The molecule has 3 atom stereocenters. The maximum Gasteiger partial charge on any atom is 0.315 e. The van der Waals surface area contributed by atoms with Crippen LogP contribution in [0.15, 0.2) is 0 Å². The third-order valence-corrected chi connectivity index (χ3v) is 5.67. The minimum atomic E-state index is -0.869. The zero-order chi connectivity index (χ0) is 13.1. The van der Waals surface area contributed by atoms with Crippen LogP contribution < -0.4 is 0 Å². The van der Waals surface area contributed by atoms with Crippen molar-refractivity contribution in [3.05, 3.63) is 0 Å². The fourth-order valence-electron chi connectivity index (χ4n) is 4.93. The van der Waals surface area contributed by atoms with Crippen molar-refractivity contribution in [2.24, 2.45) is 23.2 Å². The van der Waals surface area contributed by atoms with Gasteiger partial charge in [-0.3, -0.25) is 4.79 Å². The van der Waals surface area contributed by atoms with Gasteiger partial charge in [0.25, 0.3) is 0 Å². The fourth-order valence-corrected chi connectivity index (χ4v) is 4.93. The predicted octanol–water partition coefficient (Wildman–Crippen LogP) is 2.52. The van der Waals surface area contributed by atoms with Crippen LogP contribution in [-0.2, 0) is 9.53 Å². The highest BCUT2D eigenvalue weighted by molar-refractivity contribution is 5.79. The van der Waals surface area contributed by atoms with Gasteiger partial charge in [-0.2, -0.15) is 0 Å². The van der Waals surface area contributed by atoms with Gasteiger partial charge in [0.2, 0.25) is 0 Å². The Morgan fingerprint density at radius 3 is 2.28 bits per heavy atom. The highest BCUT2D eigenvalue weighted by Crippen LogP contribution is 2.64. The normalized spacial score (nSPS) is 49.7. The van der Waals surface area contributed by atoms with Gasteiger partial charge in [-0.25, -0.2) is 0 Å². The second-order valence-corrected chi connectivity index (χ2v) is 7.23. The second kappa shape index (κ2) is 3.72. The summed E-state index contributed by atoms with van der Waals surface area (Å²) < 4.78 is 5.47. The number of carbonyl (C=O) groups excluding carboxylic acids is 1. The molecule has 0 aromatic heterocycles. The Balaban J connectivity index is 1.95. The van der Waals surface area contributed by atoms with E-state index in [9.17, 15) is 9.90 Å². The average molecular weight is 252 g/mol. The summed E-state index contributed by atoms with van der Waals surface area (Å²) in [5.74, 6) is 1.40. The lowest BCUT2D eigenvalue weighted by Gasteiger charge is -2.62. The van der Waals surface area contributed by atoms with Gasteiger partial charge in [0.1, 0.15) is 0 Å². The van der Waals surface area contributed by atoms with Crippen molar-refractivity contribution >= 4 is 5.97 Å². The molecule has 0 aromatic carbocycles. The molecule has 18 heavy (non-hydrogen) atoms. The molecule has 0 radical (unpaired) electrons. The minimum absolute atomic E-state index is 0.0960. The monoisotopic (exact) mass is 252 g/mol. The Labute approximate surface area is 109 Å². The van der Waals surface area contributed by atoms with Gasteiger partial charge in [-0.1, -0.05) is 0 Å². The van der Waals surface area contributed by atoms with Crippen molar-refractivity contribution in [3.8, 4) is 0 Å². The van der Waals surface area contributed by atoms with E-state index in [0.717, 1.165) is 25.7 Å². The van der Waals surface area contributed by atoms with Crippen molar-refractivity contribution in [1.82, 2.24) is 0 Å². The smallest absolute Gasteiger partial charge is 0.315 e. The standard InChI is InChI=1S/C15H24O3/c1-9(2)18-13(16)15-7-10-4-11(8-15)6-12(5-10)14(15,3)17/h9-12,17H,4-8H2,1-3H3. The summed E-state index contributed by atoms with van der Waals surface area (Å²) in [4.78, 5) is 12.5. The van der Waals surface area contributed by atoms with E-state index in [0.29, 0.717) is 17.8 Å². The van der Waals surface area contributed by atoms with Crippen LogP contribution in [0.4, 0.5) is 0 Å². The molecule has 1 N–H and O–H groups in total. The summed E-state index contributed by atoms with van der Waals surface area (Å²) in [6.07, 6.45) is 5.02. The zero-order valence-corrected chi connectivity index (χ0v) is 11.6. The Kier molecular flexibility index (Phi) is 2.58. The van der Waals surface area contributed by atoms with Crippen molar-refractivity contribution in [2.45, 2.75) is 64.6 Å². The predicted molar refractivity (Wildman–Crippen MR) is 67.8 cm³/mol. The number of hydrogen-bond donors (Lipinski definition) is 1. The van der Waals surface area contributed by atoms with E-state index in [-0.39, 0.29) is 12.1 Å². The van der Waals surface area contributed by atoms with Crippen molar-refractivity contribution in [2.75, 3.05) is 0 Å². The number of esters is 1. The molecule has 0 spiro atoms. The minimum Gasteiger partial charge on any atom is -0.462 e. The number of aliphatic hydroxyl groups is 1. The van der Waals surface area contributed by atoms with Gasteiger partial charge in [-0.05, 0) is 70.6 Å². The third kappa shape index (κ3) is 1.49. The van der Waals surface area contributed by atoms with Crippen LogP contribution in [0.3, 0.4) is 0 Å². The molecule has 3 nitrogen and oxygen atoms in total. The average Bonchev–Trinajstić information content (AvgIpc) is 2.24. The van der Waals surface area contributed by atoms with E-state index < -0.39 is 11.0 Å². The number of rotatable bonds is 2. The number of ether oxygens (including phenoxy) is 1. The van der Waals surface area contributed by atoms with E-state index in [1.54, 1.807) is 0 Å². The van der Waals surface area contributed by atoms with Crippen LogP contribution in [0, 0.1) is 23.2 Å². The molecule has 3 unspecified atom stereocenters. The SMILES string of the molecule is CC(C)OC(=O)C12CC3CC(CC(C3)C1(C)O)C2. The first-order valence-corrected chi connectivity index (χ1v) is 7.28. The van der Waals surface area contributed by atoms with Crippen molar-refractivity contribution in [1.29, 1.82) is 0 Å². The van der Waals surface area contributed by atoms with Gasteiger partial charge in [0.05, 0.1) is 17.1 Å². The number of hydrogen-bond acceptors (Lipinski definition) is 3. The van der Waals surface area contributed by atoms with Gasteiger partial charge >= 0.3 is 5.97 Å². The molecule has 0 saturated heterocycles.